The Morgan fingerprint density at radius 2 is 1.68 bits per heavy atom. The summed E-state index contributed by atoms with van der Waals surface area (Å²) in [5.41, 5.74) is 11.5. The molecule has 0 radical (unpaired) electrons. The molecule has 2 aromatic carbocycles. The van der Waals surface area contributed by atoms with Crippen LogP contribution >= 0.6 is 11.6 Å². The third kappa shape index (κ3) is 2.90. The number of rotatable bonds is 3. The number of anilines is 1. The van der Waals surface area contributed by atoms with E-state index in [1.165, 1.54) is 6.42 Å². The number of nitrogen functional groups attached to an aromatic ring is 1. The van der Waals surface area contributed by atoms with Gasteiger partial charge in [-0.3, -0.25) is 4.98 Å². The van der Waals surface area contributed by atoms with Crippen molar-refractivity contribution in [3.05, 3.63) is 71.5 Å². The van der Waals surface area contributed by atoms with E-state index in [4.69, 9.17) is 27.3 Å². The Morgan fingerprint density at radius 3 is 2.43 bits per heavy atom. The summed E-state index contributed by atoms with van der Waals surface area (Å²) in [6, 6.07) is 18.0. The molecule has 1 aliphatic rings. The molecule has 4 nitrogen and oxygen atoms in total. The van der Waals surface area contributed by atoms with Gasteiger partial charge in [0.1, 0.15) is 5.82 Å². The normalized spacial score (nSPS) is 14.2. The molecular formula is C23H19ClN4. The number of aromatic nitrogens is 3. The summed E-state index contributed by atoms with van der Waals surface area (Å²) in [5.74, 6) is 0.925. The molecule has 2 N–H and O–H groups in total. The van der Waals surface area contributed by atoms with E-state index < -0.39 is 0 Å². The molecule has 1 aliphatic carbocycles. The second kappa shape index (κ2) is 6.88. The fourth-order valence-electron chi connectivity index (χ4n) is 3.73. The van der Waals surface area contributed by atoms with Gasteiger partial charge < -0.3 is 5.73 Å². The van der Waals surface area contributed by atoms with Crippen LogP contribution in [0.2, 0.25) is 5.02 Å². The van der Waals surface area contributed by atoms with E-state index in [0.717, 1.165) is 52.0 Å². The summed E-state index contributed by atoms with van der Waals surface area (Å²) in [7, 11) is 0. The van der Waals surface area contributed by atoms with Gasteiger partial charge in [-0.05, 0) is 31.0 Å². The molecule has 0 bridgehead atoms. The molecule has 138 valence electrons. The molecule has 0 spiro atoms. The Labute approximate surface area is 168 Å². The van der Waals surface area contributed by atoms with Crippen LogP contribution in [0, 0.1) is 0 Å². The quantitative estimate of drug-likeness (QED) is 0.478. The van der Waals surface area contributed by atoms with Crippen LogP contribution in [0.1, 0.15) is 30.9 Å². The summed E-state index contributed by atoms with van der Waals surface area (Å²) >= 11 is 6.55. The maximum Gasteiger partial charge on any atom is 0.146 e. The lowest BCUT2D eigenvalue weighted by atomic mass is 9.82. The Balaban J connectivity index is 1.77. The highest BCUT2D eigenvalue weighted by atomic mass is 35.5. The highest BCUT2D eigenvalue weighted by Gasteiger charge is 2.26. The van der Waals surface area contributed by atoms with E-state index in [9.17, 15) is 0 Å². The lowest BCUT2D eigenvalue weighted by Gasteiger charge is -2.26. The van der Waals surface area contributed by atoms with Gasteiger partial charge in [0, 0.05) is 28.6 Å². The highest BCUT2D eigenvalue weighted by molar-refractivity contribution is 6.35. The van der Waals surface area contributed by atoms with Crippen LogP contribution in [-0.2, 0) is 0 Å². The summed E-state index contributed by atoms with van der Waals surface area (Å²) < 4.78 is 0. The van der Waals surface area contributed by atoms with E-state index in [1.54, 1.807) is 6.20 Å². The van der Waals surface area contributed by atoms with E-state index in [2.05, 4.69) is 11.1 Å². The largest absolute Gasteiger partial charge is 0.382 e. The van der Waals surface area contributed by atoms with Gasteiger partial charge >= 0.3 is 0 Å². The van der Waals surface area contributed by atoms with Crippen molar-refractivity contribution in [3.63, 3.8) is 0 Å². The van der Waals surface area contributed by atoms with Crippen molar-refractivity contribution >= 4 is 28.3 Å². The third-order valence-corrected chi connectivity index (χ3v) is 5.71. The number of benzene rings is 2. The van der Waals surface area contributed by atoms with Crippen LogP contribution in [0.3, 0.4) is 0 Å². The zero-order valence-corrected chi connectivity index (χ0v) is 16.0. The second-order valence-corrected chi connectivity index (χ2v) is 7.63. The minimum absolute atomic E-state index is 0.397. The van der Waals surface area contributed by atoms with E-state index >= 15 is 0 Å². The lowest BCUT2D eigenvalue weighted by molar-refractivity contribution is 0.412. The Morgan fingerprint density at radius 1 is 0.893 bits per heavy atom. The molecule has 1 saturated carbocycles. The molecule has 0 atom stereocenters. The average Bonchev–Trinajstić information content (AvgIpc) is 2.68. The predicted octanol–water partition coefficient (Wildman–Crippen LogP) is 5.86. The SMILES string of the molecule is Nc1nc(-c2ccccc2)c(-c2cc(Cl)c3ncccc3c2)nc1C1CCC1. The standard InChI is InChI=1S/C23H19ClN4/c24-18-13-17(12-16-10-5-11-26-19(16)18)21-20(14-6-2-1-3-7-14)28-23(25)22(27-21)15-8-4-9-15/h1-3,5-7,10-13,15H,4,8-9H2,(H2,25,28). The van der Waals surface area contributed by atoms with E-state index in [0.29, 0.717) is 16.8 Å². The first-order valence-electron chi connectivity index (χ1n) is 9.48. The molecule has 2 aromatic heterocycles. The Hall–Kier alpha value is -2.98. The molecule has 4 aromatic rings. The van der Waals surface area contributed by atoms with Crippen molar-refractivity contribution in [2.75, 3.05) is 5.73 Å². The van der Waals surface area contributed by atoms with Crippen LogP contribution in [0.5, 0.6) is 0 Å². The first-order valence-corrected chi connectivity index (χ1v) is 9.86. The Kier molecular flexibility index (Phi) is 4.21. The fourth-order valence-corrected chi connectivity index (χ4v) is 4.00. The van der Waals surface area contributed by atoms with Crippen molar-refractivity contribution in [2.24, 2.45) is 0 Å². The van der Waals surface area contributed by atoms with Crippen LogP contribution < -0.4 is 5.73 Å². The summed E-state index contributed by atoms with van der Waals surface area (Å²) in [6.45, 7) is 0. The molecule has 0 amide bonds. The highest BCUT2D eigenvalue weighted by Crippen LogP contribution is 2.41. The van der Waals surface area contributed by atoms with Gasteiger partial charge in [0.15, 0.2) is 0 Å². The zero-order valence-electron chi connectivity index (χ0n) is 15.3. The van der Waals surface area contributed by atoms with Crippen molar-refractivity contribution in [1.29, 1.82) is 0 Å². The molecule has 0 aliphatic heterocycles. The number of nitrogens with two attached hydrogens (primary N) is 1. The zero-order chi connectivity index (χ0) is 19.1. The molecule has 5 rings (SSSR count). The van der Waals surface area contributed by atoms with Crippen molar-refractivity contribution in [2.45, 2.75) is 25.2 Å². The number of hydrogen-bond acceptors (Lipinski definition) is 4. The topological polar surface area (TPSA) is 64.7 Å². The first-order chi connectivity index (χ1) is 13.7. The minimum Gasteiger partial charge on any atom is -0.382 e. The summed E-state index contributed by atoms with van der Waals surface area (Å²) in [4.78, 5) is 14.2. The van der Waals surface area contributed by atoms with Crippen LogP contribution in [-0.4, -0.2) is 15.0 Å². The lowest BCUT2D eigenvalue weighted by Crippen LogP contribution is -2.15. The summed E-state index contributed by atoms with van der Waals surface area (Å²) in [6.07, 6.45) is 5.20. The van der Waals surface area contributed by atoms with Gasteiger partial charge in [-0.25, -0.2) is 9.97 Å². The van der Waals surface area contributed by atoms with Gasteiger partial charge in [-0.1, -0.05) is 54.4 Å². The fraction of sp³-hybridized carbons (Fsp3) is 0.174. The third-order valence-electron chi connectivity index (χ3n) is 5.42. The van der Waals surface area contributed by atoms with Gasteiger partial charge in [-0.2, -0.15) is 0 Å². The maximum atomic E-state index is 6.55. The summed E-state index contributed by atoms with van der Waals surface area (Å²) in [5, 5.41) is 1.59. The first kappa shape index (κ1) is 17.1. The Bertz CT molecular complexity index is 1170. The predicted molar refractivity (Wildman–Crippen MR) is 114 cm³/mol. The second-order valence-electron chi connectivity index (χ2n) is 7.22. The maximum absolute atomic E-state index is 6.55. The van der Waals surface area contributed by atoms with Crippen molar-refractivity contribution < 1.29 is 0 Å². The van der Waals surface area contributed by atoms with Crippen molar-refractivity contribution in [1.82, 2.24) is 15.0 Å². The molecule has 0 unspecified atom stereocenters. The van der Waals surface area contributed by atoms with Crippen LogP contribution in [0.4, 0.5) is 5.82 Å². The molecule has 1 fully saturated rings. The monoisotopic (exact) mass is 386 g/mol. The van der Waals surface area contributed by atoms with Gasteiger partial charge in [0.2, 0.25) is 0 Å². The van der Waals surface area contributed by atoms with E-state index in [-0.39, 0.29) is 0 Å². The number of halogens is 1. The van der Waals surface area contributed by atoms with Crippen LogP contribution in [0.15, 0.2) is 60.8 Å². The molecule has 5 heteroatoms. The average molecular weight is 387 g/mol. The van der Waals surface area contributed by atoms with Crippen molar-refractivity contribution in [3.8, 4) is 22.5 Å². The van der Waals surface area contributed by atoms with Gasteiger partial charge in [0.05, 0.1) is 27.6 Å². The number of hydrogen-bond donors (Lipinski definition) is 1. The van der Waals surface area contributed by atoms with Crippen LogP contribution in [0.25, 0.3) is 33.4 Å². The van der Waals surface area contributed by atoms with Gasteiger partial charge in [-0.15, -0.1) is 0 Å². The van der Waals surface area contributed by atoms with Gasteiger partial charge in [0.25, 0.3) is 0 Å². The number of fused-ring (bicyclic) bond motifs is 1. The molecule has 0 saturated heterocycles. The number of nitrogens with zero attached hydrogens (tertiary/aromatic N) is 3. The molecular weight excluding hydrogens is 368 g/mol. The molecule has 28 heavy (non-hydrogen) atoms. The van der Waals surface area contributed by atoms with E-state index in [1.807, 2.05) is 48.5 Å². The molecule has 2 heterocycles. The number of pyridine rings is 1. The smallest absolute Gasteiger partial charge is 0.146 e. The minimum atomic E-state index is 0.397.